The van der Waals surface area contributed by atoms with Crippen molar-refractivity contribution in [2.45, 2.75) is 36.6 Å². The number of piperidine rings is 1. The average molecular weight is 518 g/mol. The summed E-state index contributed by atoms with van der Waals surface area (Å²) in [6.45, 7) is 0.715. The fourth-order valence-corrected chi connectivity index (χ4v) is 6.17. The van der Waals surface area contributed by atoms with Gasteiger partial charge in [-0.25, -0.2) is 8.42 Å². The molecule has 1 aromatic heterocycles. The third-order valence-corrected chi connectivity index (χ3v) is 8.34. The van der Waals surface area contributed by atoms with Gasteiger partial charge in [0.2, 0.25) is 15.9 Å². The van der Waals surface area contributed by atoms with E-state index in [4.69, 9.17) is 16.3 Å². The number of aromatic nitrogens is 1. The van der Waals surface area contributed by atoms with E-state index >= 15 is 0 Å². The van der Waals surface area contributed by atoms with E-state index in [0.29, 0.717) is 48.3 Å². The Morgan fingerprint density at radius 2 is 1.89 bits per heavy atom. The number of hydrogen-bond acceptors (Lipinski definition) is 5. The highest BCUT2D eigenvalue weighted by molar-refractivity contribution is 7.89. The molecule has 3 aromatic rings. The Bertz CT molecular complexity index is 1320. The molecule has 1 saturated heterocycles. The Morgan fingerprint density at radius 3 is 2.60 bits per heavy atom. The van der Waals surface area contributed by atoms with Crippen LogP contribution in [0.3, 0.4) is 0 Å². The first-order valence-corrected chi connectivity index (χ1v) is 13.3. The molecule has 0 radical (unpaired) electrons. The number of carbonyl (C=O) groups is 2. The van der Waals surface area contributed by atoms with Crippen LogP contribution in [0.2, 0.25) is 5.02 Å². The molecular formula is C25H28ClN3O5S. The van der Waals surface area contributed by atoms with Crippen LogP contribution in [-0.4, -0.2) is 56.4 Å². The summed E-state index contributed by atoms with van der Waals surface area (Å²) < 4.78 is 34.3. The van der Waals surface area contributed by atoms with E-state index in [1.54, 1.807) is 35.4 Å². The first-order valence-electron chi connectivity index (χ1n) is 11.5. The summed E-state index contributed by atoms with van der Waals surface area (Å²) in [6, 6.07) is 13.0. The fourth-order valence-electron chi connectivity index (χ4n) is 4.50. The van der Waals surface area contributed by atoms with Crippen LogP contribution in [0.15, 0.2) is 59.6 Å². The zero-order valence-corrected chi connectivity index (χ0v) is 20.9. The molecule has 1 atom stereocenters. The highest BCUT2D eigenvalue weighted by Gasteiger charge is 2.34. The number of likely N-dealkylation sites (tertiary alicyclic amines) is 1. The molecular weight excluding hydrogens is 490 g/mol. The lowest BCUT2D eigenvalue weighted by Gasteiger charge is -2.33. The van der Waals surface area contributed by atoms with Gasteiger partial charge in [-0.1, -0.05) is 35.9 Å². The zero-order chi connectivity index (χ0) is 25.0. The summed E-state index contributed by atoms with van der Waals surface area (Å²) in [7, 11) is -2.66. The number of sulfonamides is 1. The van der Waals surface area contributed by atoms with Crippen molar-refractivity contribution in [1.29, 1.82) is 0 Å². The number of H-pyrrole nitrogens is 1. The van der Waals surface area contributed by atoms with Crippen molar-refractivity contribution in [3.8, 4) is 0 Å². The second-order valence-corrected chi connectivity index (χ2v) is 10.7. The zero-order valence-electron chi connectivity index (χ0n) is 19.4. The number of esters is 1. The van der Waals surface area contributed by atoms with E-state index in [1.165, 1.54) is 13.2 Å². The number of nitrogens with zero attached hydrogens (tertiary/aromatic N) is 1. The van der Waals surface area contributed by atoms with Crippen molar-refractivity contribution in [3.63, 3.8) is 0 Å². The molecule has 10 heteroatoms. The molecule has 35 heavy (non-hydrogen) atoms. The number of halogens is 1. The Labute approximate surface area is 209 Å². The topological polar surface area (TPSA) is 109 Å². The highest BCUT2D eigenvalue weighted by atomic mass is 35.5. The number of hydrogen-bond donors (Lipinski definition) is 2. The van der Waals surface area contributed by atoms with Crippen LogP contribution in [-0.2, 0) is 30.8 Å². The third-order valence-electron chi connectivity index (χ3n) is 6.44. The van der Waals surface area contributed by atoms with Crippen molar-refractivity contribution >= 4 is 44.4 Å². The molecule has 1 aliphatic rings. The normalized spacial score (nSPS) is 15.8. The fraction of sp³-hybridized carbons (Fsp3) is 0.360. The lowest BCUT2D eigenvalue weighted by molar-refractivity contribution is -0.149. The molecule has 1 unspecified atom stereocenters. The van der Waals surface area contributed by atoms with Crippen LogP contribution in [0, 0.1) is 5.92 Å². The van der Waals surface area contributed by atoms with E-state index in [-0.39, 0.29) is 29.1 Å². The number of fused-ring (bicyclic) bond motifs is 1. The second kappa shape index (κ2) is 10.8. The van der Waals surface area contributed by atoms with Crippen molar-refractivity contribution in [3.05, 3.63) is 65.3 Å². The predicted octanol–water partition coefficient (Wildman–Crippen LogP) is 3.51. The molecule has 186 valence electrons. The third kappa shape index (κ3) is 5.69. The number of rotatable bonds is 8. The predicted molar refractivity (Wildman–Crippen MR) is 134 cm³/mol. The maximum atomic E-state index is 13.5. The number of benzene rings is 2. The van der Waals surface area contributed by atoms with Gasteiger partial charge in [0.05, 0.1) is 17.9 Å². The summed E-state index contributed by atoms with van der Waals surface area (Å²) >= 11 is 6.30. The van der Waals surface area contributed by atoms with Crippen LogP contribution in [0.4, 0.5) is 0 Å². The molecule has 2 aromatic carbocycles. The van der Waals surface area contributed by atoms with Gasteiger partial charge < -0.3 is 14.6 Å². The van der Waals surface area contributed by atoms with Gasteiger partial charge in [0.1, 0.15) is 6.04 Å². The molecule has 4 rings (SSSR count). The number of amides is 1. The van der Waals surface area contributed by atoms with E-state index in [9.17, 15) is 18.0 Å². The van der Waals surface area contributed by atoms with Gasteiger partial charge in [0, 0.05) is 35.2 Å². The first kappa shape index (κ1) is 25.2. The standard InChI is InChI=1S/C25H28ClN3O5S/c1-34-25(31)18-12-15-29(16-13-18)24(30)22(10-9-17-5-2-3-6-20(17)26)28-35(32,33)23-8-4-7-21-19(23)11-14-27-21/h2-8,11,14,18,22,27-28H,9-10,12-13,15-16H2,1H3. The van der Waals surface area contributed by atoms with Crippen molar-refractivity contribution < 1.29 is 22.7 Å². The lowest BCUT2D eigenvalue weighted by Crippen LogP contribution is -2.51. The van der Waals surface area contributed by atoms with Gasteiger partial charge in [-0.15, -0.1) is 0 Å². The molecule has 1 aliphatic heterocycles. The molecule has 1 fully saturated rings. The first-order chi connectivity index (χ1) is 16.8. The minimum atomic E-state index is -4.01. The van der Waals surface area contributed by atoms with Crippen LogP contribution in [0.1, 0.15) is 24.8 Å². The monoisotopic (exact) mass is 517 g/mol. The van der Waals surface area contributed by atoms with Gasteiger partial charge in [-0.3, -0.25) is 9.59 Å². The molecule has 0 saturated carbocycles. The molecule has 8 nitrogen and oxygen atoms in total. The minimum Gasteiger partial charge on any atom is -0.469 e. The number of aromatic amines is 1. The van der Waals surface area contributed by atoms with Crippen LogP contribution >= 0.6 is 11.6 Å². The maximum Gasteiger partial charge on any atom is 0.308 e. The number of aryl methyl sites for hydroxylation is 1. The Hall–Kier alpha value is -2.88. The van der Waals surface area contributed by atoms with Crippen LogP contribution in [0.25, 0.3) is 10.9 Å². The Morgan fingerprint density at radius 1 is 1.14 bits per heavy atom. The van der Waals surface area contributed by atoms with Crippen molar-refractivity contribution in [1.82, 2.24) is 14.6 Å². The number of methoxy groups -OCH3 is 1. The Balaban J connectivity index is 1.56. The summed E-state index contributed by atoms with van der Waals surface area (Å²) in [5, 5.41) is 1.12. The summed E-state index contributed by atoms with van der Waals surface area (Å²) in [5.41, 5.74) is 1.53. The quantitative estimate of drug-likeness (QED) is 0.444. The molecule has 0 aliphatic carbocycles. The molecule has 2 N–H and O–H groups in total. The summed E-state index contributed by atoms with van der Waals surface area (Å²) in [5.74, 6) is -0.855. The molecule has 1 amide bonds. The number of ether oxygens (including phenoxy) is 1. The molecule has 0 spiro atoms. The number of nitrogens with one attached hydrogen (secondary N) is 2. The molecule has 0 bridgehead atoms. The summed E-state index contributed by atoms with van der Waals surface area (Å²) in [4.78, 5) is 30.1. The highest BCUT2D eigenvalue weighted by Crippen LogP contribution is 2.25. The number of carbonyl (C=O) groups excluding carboxylic acids is 2. The average Bonchev–Trinajstić information content (AvgIpc) is 3.35. The van der Waals surface area contributed by atoms with Gasteiger partial charge in [0.25, 0.3) is 0 Å². The Kier molecular flexibility index (Phi) is 7.78. The smallest absolute Gasteiger partial charge is 0.308 e. The van der Waals surface area contributed by atoms with Gasteiger partial charge in [0.15, 0.2) is 0 Å². The second-order valence-electron chi connectivity index (χ2n) is 8.62. The van der Waals surface area contributed by atoms with E-state index < -0.39 is 16.1 Å². The van der Waals surface area contributed by atoms with Crippen molar-refractivity contribution in [2.75, 3.05) is 20.2 Å². The minimum absolute atomic E-state index is 0.108. The maximum absolute atomic E-state index is 13.5. The largest absolute Gasteiger partial charge is 0.469 e. The van der Waals surface area contributed by atoms with Crippen molar-refractivity contribution in [2.24, 2.45) is 5.92 Å². The van der Waals surface area contributed by atoms with E-state index in [2.05, 4.69) is 9.71 Å². The summed E-state index contributed by atoms with van der Waals surface area (Å²) in [6.07, 6.45) is 3.29. The van der Waals surface area contributed by atoms with Crippen LogP contribution in [0.5, 0.6) is 0 Å². The van der Waals surface area contributed by atoms with E-state index in [1.807, 2.05) is 18.2 Å². The molecule has 2 heterocycles. The van der Waals surface area contributed by atoms with Gasteiger partial charge in [-0.05, 0) is 55.5 Å². The van der Waals surface area contributed by atoms with E-state index in [0.717, 1.165) is 5.56 Å². The lowest BCUT2D eigenvalue weighted by atomic mass is 9.96. The van der Waals surface area contributed by atoms with Crippen LogP contribution < -0.4 is 4.72 Å². The SMILES string of the molecule is COC(=O)C1CCN(C(=O)C(CCc2ccccc2Cl)NS(=O)(=O)c2cccc3[nH]ccc23)CC1. The van der Waals surface area contributed by atoms with Gasteiger partial charge in [-0.2, -0.15) is 4.72 Å². The van der Waals surface area contributed by atoms with Gasteiger partial charge >= 0.3 is 5.97 Å².